The van der Waals surface area contributed by atoms with Gasteiger partial charge in [-0.15, -0.1) is 0 Å². The average molecular weight is 285 g/mol. The number of nitrogens with zero attached hydrogens (tertiary/aromatic N) is 6. The third-order valence-electron chi connectivity index (χ3n) is 2.91. The highest BCUT2D eigenvalue weighted by atomic mass is 19.1. The summed E-state index contributed by atoms with van der Waals surface area (Å²) in [4.78, 5) is 16.7. The molecule has 0 aliphatic rings. The van der Waals surface area contributed by atoms with Crippen LogP contribution in [0.2, 0.25) is 0 Å². The van der Waals surface area contributed by atoms with Gasteiger partial charge in [0.05, 0.1) is 0 Å². The van der Waals surface area contributed by atoms with E-state index in [-0.39, 0.29) is 5.82 Å². The van der Waals surface area contributed by atoms with Crippen LogP contribution in [0.5, 0.6) is 0 Å². The summed E-state index contributed by atoms with van der Waals surface area (Å²) in [6.45, 7) is 1.87. The van der Waals surface area contributed by atoms with E-state index < -0.39 is 0 Å². The Bertz CT molecular complexity index is 770. The molecule has 0 spiro atoms. The molecule has 3 rings (SSSR count). The molecule has 0 radical (unpaired) electrons. The van der Waals surface area contributed by atoms with E-state index in [9.17, 15) is 4.39 Å². The highest BCUT2D eigenvalue weighted by Crippen LogP contribution is 2.22. The number of anilines is 1. The number of aromatic nitrogens is 6. The normalized spacial score (nSPS) is 10.6. The molecule has 0 aliphatic heterocycles. The summed E-state index contributed by atoms with van der Waals surface area (Å²) < 4.78 is 14.9. The summed E-state index contributed by atoms with van der Waals surface area (Å²) in [7, 11) is 1.70. The smallest absolute Gasteiger partial charge is 0.257 e. The van der Waals surface area contributed by atoms with Gasteiger partial charge in [-0.25, -0.2) is 9.37 Å². The lowest BCUT2D eigenvalue weighted by Gasteiger charge is -2.08. The minimum Gasteiger partial charge on any atom is -0.357 e. The van der Waals surface area contributed by atoms with E-state index >= 15 is 0 Å². The Labute approximate surface area is 119 Å². The predicted octanol–water partition coefficient (Wildman–Crippen LogP) is 1.61. The van der Waals surface area contributed by atoms with E-state index in [4.69, 9.17) is 0 Å². The molecule has 0 bridgehead atoms. The molecular formula is C13H12FN7. The summed E-state index contributed by atoms with van der Waals surface area (Å²) >= 11 is 0. The summed E-state index contributed by atoms with van der Waals surface area (Å²) in [5.74, 6) is 0.709. The van der Waals surface area contributed by atoms with Crippen molar-refractivity contribution in [3.05, 3.63) is 42.2 Å². The molecule has 0 saturated carbocycles. The maximum Gasteiger partial charge on any atom is 0.257 e. The van der Waals surface area contributed by atoms with Crippen molar-refractivity contribution in [1.82, 2.24) is 29.7 Å². The second kappa shape index (κ2) is 5.23. The molecular weight excluding hydrogens is 273 g/mol. The molecule has 0 amide bonds. The molecule has 0 unspecified atom stereocenters. The van der Waals surface area contributed by atoms with Crippen molar-refractivity contribution in [2.45, 2.75) is 6.92 Å². The van der Waals surface area contributed by atoms with Gasteiger partial charge in [-0.1, -0.05) is 6.07 Å². The first-order valence-electron chi connectivity index (χ1n) is 6.23. The van der Waals surface area contributed by atoms with Crippen LogP contribution in [0.4, 0.5) is 10.3 Å². The molecule has 1 aromatic carbocycles. The monoisotopic (exact) mass is 285 g/mol. The van der Waals surface area contributed by atoms with Gasteiger partial charge in [0.15, 0.2) is 5.82 Å². The van der Waals surface area contributed by atoms with Crippen molar-refractivity contribution in [2.75, 3.05) is 12.4 Å². The van der Waals surface area contributed by atoms with Crippen LogP contribution >= 0.6 is 0 Å². The first-order valence-corrected chi connectivity index (χ1v) is 6.23. The topological polar surface area (TPSA) is 81.4 Å². The minimum absolute atomic E-state index is 0.311. The molecule has 3 aromatic rings. The zero-order valence-corrected chi connectivity index (χ0v) is 11.4. The molecule has 106 valence electrons. The van der Waals surface area contributed by atoms with Crippen LogP contribution in [0.25, 0.3) is 17.3 Å². The first kappa shape index (κ1) is 13.1. The number of halogens is 1. The molecule has 0 saturated heterocycles. The fraction of sp³-hybridized carbons (Fsp3) is 0.154. The number of hydrogen-bond donors (Lipinski definition) is 1. The van der Waals surface area contributed by atoms with Gasteiger partial charge >= 0.3 is 0 Å². The Morgan fingerprint density at radius 1 is 1.19 bits per heavy atom. The lowest BCUT2D eigenvalue weighted by atomic mass is 10.1. The molecule has 0 aliphatic carbocycles. The van der Waals surface area contributed by atoms with Gasteiger partial charge in [0.1, 0.15) is 18.5 Å². The molecule has 21 heavy (non-hydrogen) atoms. The molecule has 7 nitrogen and oxygen atoms in total. The summed E-state index contributed by atoms with van der Waals surface area (Å²) in [5.41, 5.74) is 1.48. The van der Waals surface area contributed by atoms with E-state index in [0.29, 0.717) is 23.3 Å². The largest absolute Gasteiger partial charge is 0.357 e. The van der Waals surface area contributed by atoms with Crippen LogP contribution in [0, 0.1) is 12.7 Å². The van der Waals surface area contributed by atoms with Crippen LogP contribution in [-0.4, -0.2) is 36.8 Å². The van der Waals surface area contributed by atoms with Crippen molar-refractivity contribution >= 4 is 5.95 Å². The highest BCUT2D eigenvalue weighted by Gasteiger charge is 2.12. The Morgan fingerprint density at radius 2 is 2.05 bits per heavy atom. The number of hydrogen-bond acceptors (Lipinski definition) is 6. The third-order valence-corrected chi connectivity index (χ3v) is 2.91. The van der Waals surface area contributed by atoms with Gasteiger partial charge in [0.25, 0.3) is 5.95 Å². The van der Waals surface area contributed by atoms with E-state index in [1.165, 1.54) is 29.5 Å². The second-order valence-electron chi connectivity index (χ2n) is 4.33. The second-order valence-corrected chi connectivity index (χ2v) is 4.33. The predicted molar refractivity (Wildman–Crippen MR) is 74.4 cm³/mol. The number of nitrogens with one attached hydrogen (secondary N) is 1. The van der Waals surface area contributed by atoms with E-state index in [1.54, 1.807) is 13.1 Å². The van der Waals surface area contributed by atoms with Gasteiger partial charge in [-0.2, -0.15) is 24.7 Å². The SMILES string of the molecule is CNc1nc(-c2cc(F)ccc2C)nc(-n2cncn2)n1. The average Bonchev–Trinajstić information content (AvgIpc) is 3.03. The number of benzene rings is 1. The summed E-state index contributed by atoms with van der Waals surface area (Å²) in [6, 6.07) is 4.48. The fourth-order valence-corrected chi connectivity index (χ4v) is 1.85. The van der Waals surface area contributed by atoms with Crippen molar-refractivity contribution < 1.29 is 4.39 Å². The number of aryl methyl sites for hydroxylation is 1. The van der Waals surface area contributed by atoms with Crippen molar-refractivity contribution in [1.29, 1.82) is 0 Å². The van der Waals surface area contributed by atoms with Crippen LogP contribution in [-0.2, 0) is 0 Å². The standard InChI is InChI=1S/C13H12FN7/c1-8-3-4-9(14)5-10(8)11-18-12(15-2)20-13(19-11)21-7-16-6-17-21/h3-7H,1-2H3,(H,15,18,19,20). The summed E-state index contributed by atoms with van der Waals surface area (Å²) in [6.07, 6.45) is 2.87. The minimum atomic E-state index is -0.343. The fourth-order valence-electron chi connectivity index (χ4n) is 1.85. The quantitative estimate of drug-likeness (QED) is 0.787. The maximum atomic E-state index is 13.5. The van der Waals surface area contributed by atoms with Gasteiger partial charge in [0, 0.05) is 12.6 Å². The van der Waals surface area contributed by atoms with Crippen molar-refractivity contribution in [3.8, 4) is 17.3 Å². The molecule has 8 heteroatoms. The molecule has 0 atom stereocenters. The van der Waals surface area contributed by atoms with Crippen molar-refractivity contribution in [2.24, 2.45) is 0 Å². The third kappa shape index (κ3) is 2.55. The molecule has 0 fully saturated rings. The Balaban J connectivity index is 2.18. The first-order chi connectivity index (χ1) is 10.2. The summed E-state index contributed by atoms with van der Waals surface area (Å²) in [5, 5.41) is 6.84. The van der Waals surface area contributed by atoms with Crippen LogP contribution in [0.15, 0.2) is 30.9 Å². The zero-order valence-electron chi connectivity index (χ0n) is 11.4. The molecule has 2 heterocycles. The Morgan fingerprint density at radius 3 is 2.76 bits per heavy atom. The van der Waals surface area contributed by atoms with E-state index in [0.717, 1.165) is 5.56 Å². The van der Waals surface area contributed by atoms with Crippen molar-refractivity contribution in [3.63, 3.8) is 0 Å². The lowest BCUT2D eigenvalue weighted by molar-refractivity contribution is 0.627. The van der Waals surface area contributed by atoms with Gasteiger partial charge in [-0.05, 0) is 24.6 Å². The van der Waals surface area contributed by atoms with Gasteiger partial charge in [-0.3, -0.25) is 0 Å². The van der Waals surface area contributed by atoms with Gasteiger partial charge < -0.3 is 5.32 Å². The van der Waals surface area contributed by atoms with E-state index in [1.807, 2.05) is 6.92 Å². The van der Waals surface area contributed by atoms with E-state index in [2.05, 4.69) is 30.4 Å². The Kier molecular flexibility index (Phi) is 3.27. The van der Waals surface area contributed by atoms with Gasteiger partial charge in [0.2, 0.25) is 5.95 Å². The number of rotatable bonds is 3. The van der Waals surface area contributed by atoms with Crippen LogP contribution in [0.3, 0.4) is 0 Å². The molecule has 1 N–H and O–H groups in total. The van der Waals surface area contributed by atoms with Crippen LogP contribution in [0.1, 0.15) is 5.56 Å². The van der Waals surface area contributed by atoms with Crippen LogP contribution < -0.4 is 5.32 Å². The zero-order chi connectivity index (χ0) is 14.8. The Hall–Kier alpha value is -2.90. The molecule has 2 aromatic heterocycles. The lowest BCUT2D eigenvalue weighted by Crippen LogP contribution is -2.08. The maximum absolute atomic E-state index is 13.5. The highest BCUT2D eigenvalue weighted by molar-refractivity contribution is 5.61.